The van der Waals surface area contributed by atoms with Crippen LogP contribution in [0.3, 0.4) is 0 Å². The Balaban J connectivity index is 1.99. The molecule has 0 saturated carbocycles. The zero-order valence-corrected chi connectivity index (χ0v) is 15.1. The SMILES string of the molecule is COCCN1C(=O)c2oc3ccc(F)cc3c(=O)c2[C@@H]1c1cccc(Cl)c1. The number of rotatable bonds is 4. The molecule has 1 amide bonds. The average Bonchev–Trinajstić information content (AvgIpc) is 2.93. The molecule has 0 unspecified atom stereocenters. The van der Waals surface area contributed by atoms with Gasteiger partial charge in [0, 0.05) is 18.7 Å². The lowest BCUT2D eigenvalue weighted by Crippen LogP contribution is -2.32. The van der Waals surface area contributed by atoms with Crippen LogP contribution >= 0.6 is 11.6 Å². The predicted octanol–water partition coefficient (Wildman–Crippen LogP) is 3.78. The summed E-state index contributed by atoms with van der Waals surface area (Å²) in [7, 11) is 1.53. The molecule has 0 saturated heterocycles. The van der Waals surface area contributed by atoms with Crippen LogP contribution in [0.5, 0.6) is 0 Å². The molecule has 4 rings (SSSR count). The molecule has 1 atom stereocenters. The number of methoxy groups -OCH3 is 1. The molecule has 0 fully saturated rings. The Morgan fingerprint density at radius 2 is 2.04 bits per heavy atom. The van der Waals surface area contributed by atoms with Crippen LogP contribution in [0.2, 0.25) is 5.02 Å². The monoisotopic (exact) mass is 387 g/mol. The molecule has 138 valence electrons. The number of halogens is 2. The molecule has 7 heteroatoms. The van der Waals surface area contributed by atoms with E-state index < -0.39 is 23.2 Å². The van der Waals surface area contributed by atoms with Crippen LogP contribution in [0.4, 0.5) is 4.39 Å². The van der Waals surface area contributed by atoms with Crippen LogP contribution in [0.15, 0.2) is 51.7 Å². The Labute approximate surface area is 158 Å². The number of carbonyl (C=O) groups excluding carboxylic acids is 1. The minimum Gasteiger partial charge on any atom is -0.450 e. The Hall–Kier alpha value is -2.70. The van der Waals surface area contributed by atoms with E-state index in [9.17, 15) is 14.0 Å². The van der Waals surface area contributed by atoms with E-state index in [0.29, 0.717) is 17.2 Å². The summed E-state index contributed by atoms with van der Waals surface area (Å²) in [4.78, 5) is 27.6. The van der Waals surface area contributed by atoms with Crippen molar-refractivity contribution < 1.29 is 18.3 Å². The van der Waals surface area contributed by atoms with E-state index in [0.717, 1.165) is 6.07 Å². The van der Waals surface area contributed by atoms with Crippen LogP contribution in [0.25, 0.3) is 11.0 Å². The molecule has 0 radical (unpaired) electrons. The van der Waals surface area contributed by atoms with Crippen molar-refractivity contribution in [3.8, 4) is 0 Å². The summed E-state index contributed by atoms with van der Waals surface area (Å²) >= 11 is 6.12. The van der Waals surface area contributed by atoms with Crippen molar-refractivity contribution in [1.29, 1.82) is 0 Å². The van der Waals surface area contributed by atoms with E-state index in [1.165, 1.54) is 24.1 Å². The first-order chi connectivity index (χ1) is 13.0. The molecule has 27 heavy (non-hydrogen) atoms. The van der Waals surface area contributed by atoms with Crippen molar-refractivity contribution in [3.63, 3.8) is 0 Å². The van der Waals surface area contributed by atoms with E-state index >= 15 is 0 Å². The summed E-state index contributed by atoms with van der Waals surface area (Å²) in [6, 6.07) is 9.93. The van der Waals surface area contributed by atoms with Crippen LogP contribution in [0, 0.1) is 5.82 Å². The van der Waals surface area contributed by atoms with E-state index in [1.54, 1.807) is 24.3 Å². The van der Waals surface area contributed by atoms with E-state index in [1.807, 2.05) is 0 Å². The average molecular weight is 388 g/mol. The number of amides is 1. The van der Waals surface area contributed by atoms with Crippen molar-refractivity contribution in [2.24, 2.45) is 0 Å². The van der Waals surface area contributed by atoms with Crippen LogP contribution in [-0.4, -0.2) is 31.1 Å². The molecular weight excluding hydrogens is 373 g/mol. The molecule has 5 nitrogen and oxygen atoms in total. The molecule has 0 N–H and O–H groups in total. The molecule has 0 aliphatic carbocycles. The van der Waals surface area contributed by atoms with Crippen molar-refractivity contribution in [2.45, 2.75) is 6.04 Å². The third-order valence-corrected chi connectivity index (χ3v) is 4.86. The number of hydrogen-bond acceptors (Lipinski definition) is 4. The van der Waals surface area contributed by atoms with Gasteiger partial charge in [0.1, 0.15) is 11.4 Å². The summed E-state index contributed by atoms with van der Waals surface area (Å²) in [5, 5.41) is 0.582. The first kappa shape index (κ1) is 17.7. The fourth-order valence-corrected chi connectivity index (χ4v) is 3.63. The highest BCUT2D eigenvalue weighted by atomic mass is 35.5. The lowest BCUT2D eigenvalue weighted by molar-refractivity contribution is 0.0663. The standard InChI is InChI=1S/C20H15ClFNO4/c1-26-8-7-23-17(11-3-2-4-12(21)9-11)16-18(24)14-10-13(22)5-6-15(14)27-19(16)20(23)25/h2-6,9-10,17H,7-8H2,1H3/t17-/m0/s1. The Morgan fingerprint density at radius 1 is 1.22 bits per heavy atom. The van der Waals surface area contributed by atoms with Gasteiger partial charge in [-0.2, -0.15) is 0 Å². The fourth-order valence-electron chi connectivity index (χ4n) is 3.44. The highest BCUT2D eigenvalue weighted by molar-refractivity contribution is 6.30. The number of ether oxygens (including phenoxy) is 1. The van der Waals surface area contributed by atoms with Crippen molar-refractivity contribution in [2.75, 3.05) is 20.3 Å². The van der Waals surface area contributed by atoms with Crippen molar-refractivity contribution in [3.05, 3.63) is 80.4 Å². The Bertz CT molecular complexity index is 1110. The largest absolute Gasteiger partial charge is 0.450 e. The van der Waals surface area contributed by atoms with Gasteiger partial charge in [0.15, 0.2) is 5.43 Å². The highest BCUT2D eigenvalue weighted by Gasteiger charge is 2.42. The molecular formula is C20H15ClFNO4. The van der Waals surface area contributed by atoms with Gasteiger partial charge >= 0.3 is 0 Å². The number of fused-ring (bicyclic) bond motifs is 2. The van der Waals surface area contributed by atoms with Crippen molar-refractivity contribution in [1.82, 2.24) is 4.90 Å². The maximum atomic E-state index is 13.7. The van der Waals surface area contributed by atoms with E-state index in [-0.39, 0.29) is 28.8 Å². The second kappa shape index (κ2) is 6.79. The number of nitrogens with zero attached hydrogens (tertiary/aromatic N) is 1. The normalized spacial score (nSPS) is 16.2. The lowest BCUT2D eigenvalue weighted by atomic mass is 9.98. The van der Waals surface area contributed by atoms with Gasteiger partial charge in [-0.25, -0.2) is 4.39 Å². The zero-order chi connectivity index (χ0) is 19.1. The molecule has 1 aliphatic rings. The highest BCUT2D eigenvalue weighted by Crippen LogP contribution is 2.38. The second-order valence-electron chi connectivity index (χ2n) is 6.26. The summed E-state index contributed by atoms with van der Waals surface area (Å²) < 4.78 is 24.5. The van der Waals surface area contributed by atoms with E-state index in [2.05, 4.69) is 0 Å². The minimum atomic E-state index is -0.676. The maximum absolute atomic E-state index is 13.7. The molecule has 0 bridgehead atoms. The molecule has 1 aromatic heterocycles. The topological polar surface area (TPSA) is 59.8 Å². The molecule has 2 aromatic carbocycles. The van der Waals surface area contributed by atoms with E-state index in [4.69, 9.17) is 20.8 Å². The van der Waals surface area contributed by atoms with Gasteiger partial charge in [-0.3, -0.25) is 9.59 Å². The molecule has 1 aliphatic heterocycles. The third-order valence-electron chi connectivity index (χ3n) is 4.63. The molecule has 0 spiro atoms. The summed E-state index contributed by atoms with van der Waals surface area (Å²) in [5.41, 5.74) is 0.612. The predicted molar refractivity (Wildman–Crippen MR) is 98.6 cm³/mol. The first-order valence-corrected chi connectivity index (χ1v) is 8.70. The first-order valence-electron chi connectivity index (χ1n) is 8.33. The van der Waals surface area contributed by atoms with Gasteiger partial charge in [0.25, 0.3) is 5.91 Å². The summed E-state index contributed by atoms with van der Waals surface area (Å²) in [6.45, 7) is 0.556. The number of carbonyl (C=O) groups is 1. The lowest BCUT2D eigenvalue weighted by Gasteiger charge is -2.24. The van der Waals surface area contributed by atoms with Crippen LogP contribution in [0.1, 0.15) is 27.7 Å². The number of benzene rings is 2. The second-order valence-corrected chi connectivity index (χ2v) is 6.70. The van der Waals surface area contributed by atoms with Gasteiger partial charge < -0.3 is 14.1 Å². The van der Waals surface area contributed by atoms with Crippen LogP contribution < -0.4 is 5.43 Å². The van der Waals surface area contributed by atoms with Gasteiger partial charge in [-0.15, -0.1) is 0 Å². The van der Waals surface area contributed by atoms with Gasteiger partial charge in [0.05, 0.1) is 23.6 Å². The summed E-state index contributed by atoms with van der Waals surface area (Å²) in [6.07, 6.45) is 0. The Kier molecular flexibility index (Phi) is 4.45. The molecule has 2 heterocycles. The van der Waals surface area contributed by atoms with Gasteiger partial charge in [-0.1, -0.05) is 23.7 Å². The maximum Gasteiger partial charge on any atom is 0.290 e. The fraction of sp³-hybridized carbons (Fsp3) is 0.200. The quantitative estimate of drug-likeness (QED) is 0.683. The van der Waals surface area contributed by atoms with Crippen molar-refractivity contribution >= 4 is 28.5 Å². The minimum absolute atomic E-state index is 0.0276. The molecule has 3 aromatic rings. The van der Waals surface area contributed by atoms with Gasteiger partial charge in [-0.05, 0) is 35.9 Å². The third kappa shape index (κ3) is 2.91. The Morgan fingerprint density at radius 3 is 2.78 bits per heavy atom. The number of hydrogen-bond donors (Lipinski definition) is 0. The zero-order valence-electron chi connectivity index (χ0n) is 14.4. The summed E-state index contributed by atoms with van der Waals surface area (Å²) in [5.74, 6) is -0.981. The smallest absolute Gasteiger partial charge is 0.290 e. The van der Waals surface area contributed by atoms with Gasteiger partial charge in [0.2, 0.25) is 5.76 Å². The van der Waals surface area contributed by atoms with Crippen LogP contribution in [-0.2, 0) is 4.74 Å².